The molecule has 0 amide bonds. The minimum absolute atomic E-state index is 0.296. The van der Waals surface area contributed by atoms with Crippen LogP contribution in [-0.4, -0.2) is 9.55 Å². The molecule has 0 bridgehead atoms. The first-order valence-electron chi connectivity index (χ1n) is 5.64. The fourth-order valence-electron chi connectivity index (χ4n) is 2.07. The van der Waals surface area contributed by atoms with E-state index in [1.807, 2.05) is 22.6 Å². The minimum atomic E-state index is -1.46. The van der Waals surface area contributed by atoms with Crippen molar-refractivity contribution in [1.82, 2.24) is 9.55 Å². The number of halogens is 5. The molecule has 3 aromatic rings. The monoisotopic (exact) mass is 408 g/mol. The second-order valence-corrected chi connectivity index (χ2v) is 5.48. The predicted molar refractivity (Wildman–Crippen MR) is 76.4 cm³/mol. The number of fused-ring (bicyclic) bond motifs is 1. The zero-order valence-electron chi connectivity index (χ0n) is 10.1. The van der Waals surface area contributed by atoms with Crippen LogP contribution < -0.4 is 5.69 Å². The van der Waals surface area contributed by atoms with E-state index in [1.165, 1.54) is 12.1 Å². The number of benzene rings is 2. The van der Waals surface area contributed by atoms with E-state index in [2.05, 4.69) is 4.98 Å². The van der Waals surface area contributed by atoms with Gasteiger partial charge in [-0.15, -0.1) is 0 Å². The van der Waals surface area contributed by atoms with Gasteiger partial charge in [-0.25, -0.2) is 22.4 Å². The van der Waals surface area contributed by atoms with Crippen molar-refractivity contribution >= 4 is 33.6 Å². The van der Waals surface area contributed by atoms with Gasteiger partial charge in [-0.2, -0.15) is 0 Å². The molecule has 0 spiro atoms. The van der Waals surface area contributed by atoms with Crippen LogP contribution in [0, 0.1) is 26.8 Å². The summed E-state index contributed by atoms with van der Waals surface area (Å²) >= 11 is 1.85. The molecule has 0 fully saturated rings. The van der Waals surface area contributed by atoms with E-state index in [-0.39, 0.29) is 5.69 Å². The summed E-state index contributed by atoms with van der Waals surface area (Å²) < 4.78 is 56.0. The highest BCUT2D eigenvalue weighted by Crippen LogP contribution is 2.25. The van der Waals surface area contributed by atoms with E-state index in [0.29, 0.717) is 14.2 Å². The second-order valence-electron chi connectivity index (χ2n) is 4.24. The van der Waals surface area contributed by atoms with Crippen molar-refractivity contribution in [3.63, 3.8) is 0 Å². The molecule has 0 saturated carbocycles. The lowest BCUT2D eigenvalue weighted by Crippen LogP contribution is -2.16. The zero-order valence-corrected chi connectivity index (χ0v) is 12.2. The van der Waals surface area contributed by atoms with Crippen LogP contribution in [0.25, 0.3) is 16.7 Å². The summed E-state index contributed by atoms with van der Waals surface area (Å²) in [4.78, 5) is 13.9. The molecule has 8 heteroatoms. The van der Waals surface area contributed by atoms with Crippen molar-refractivity contribution in [2.75, 3.05) is 0 Å². The Morgan fingerprint density at radius 1 is 1.00 bits per heavy atom. The van der Waals surface area contributed by atoms with Crippen LogP contribution >= 0.6 is 22.6 Å². The van der Waals surface area contributed by atoms with Crippen molar-refractivity contribution < 1.29 is 17.6 Å². The van der Waals surface area contributed by atoms with Gasteiger partial charge in [0.1, 0.15) is 16.9 Å². The average Bonchev–Trinajstić information content (AvgIpc) is 2.75. The summed E-state index contributed by atoms with van der Waals surface area (Å²) in [5.41, 5.74) is -2.45. The largest absolute Gasteiger partial charge is 0.331 e. The predicted octanol–water partition coefficient (Wildman–Crippen LogP) is 3.48. The molecule has 0 atom stereocenters. The molecule has 1 aromatic heterocycles. The standard InChI is InChI=1S/C13H5F4IN2O/c14-6-3-5(18)1-2-9(6)20-12-10(17)7(15)4-8(16)11(12)19-13(20)21/h1-4H,(H,19,21). The van der Waals surface area contributed by atoms with Crippen LogP contribution in [0.5, 0.6) is 0 Å². The highest BCUT2D eigenvalue weighted by Gasteiger charge is 2.21. The summed E-state index contributed by atoms with van der Waals surface area (Å²) in [5, 5.41) is 0. The third kappa shape index (κ3) is 2.13. The average molecular weight is 408 g/mol. The minimum Gasteiger partial charge on any atom is -0.303 e. The van der Waals surface area contributed by atoms with Crippen molar-refractivity contribution in [3.05, 3.63) is 61.6 Å². The van der Waals surface area contributed by atoms with Crippen LogP contribution in [0.4, 0.5) is 17.6 Å². The quantitative estimate of drug-likeness (QED) is 0.374. The Bertz CT molecular complexity index is 932. The van der Waals surface area contributed by atoms with Crippen molar-refractivity contribution in [1.29, 1.82) is 0 Å². The summed E-state index contributed by atoms with van der Waals surface area (Å²) in [7, 11) is 0. The number of aromatic amines is 1. The number of hydrogen-bond acceptors (Lipinski definition) is 1. The number of hydrogen-bond donors (Lipinski definition) is 1. The molecule has 3 rings (SSSR count). The maximum absolute atomic E-state index is 14.0. The van der Waals surface area contributed by atoms with Gasteiger partial charge in [0.05, 0.1) is 5.69 Å². The van der Waals surface area contributed by atoms with Gasteiger partial charge < -0.3 is 4.98 Å². The van der Waals surface area contributed by atoms with Gasteiger partial charge in [0.2, 0.25) is 0 Å². The van der Waals surface area contributed by atoms with E-state index in [4.69, 9.17) is 0 Å². The van der Waals surface area contributed by atoms with E-state index < -0.39 is 40.0 Å². The molecule has 1 N–H and O–H groups in total. The number of nitrogens with zero attached hydrogens (tertiary/aromatic N) is 1. The fourth-order valence-corrected chi connectivity index (χ4v) is 2.52. The van der Waals surface area contributed by atoms with Crippen molar-refractivity contribution in [3.8, 4) is 5.69 Å². The van der Waals surface area contributed by atoms with Gasteiger partial charge in [0.15, 0.2) is 17.5 Å². The van der Waals surface area contributed by atoms with E-state index in [9.17, 15) is 22.4 Å². The van der Waals surface area contributed by atoms with Gasteiger partial charge >= 0.3 is 5.69 Å². The normalized spacial score (nSPS) is 11.3. The number of aromatic nitrogens is 2. The molecular weight excluding hydrogens is 403 g/mol. The first-order valence-corrected chi connectivity index (χ1v) is 6.71. The van der Waals surface area contributed by atoms with Crippen LogP contribution in [0.1, 0.15) is 0 Å². The SMILES string of the molecule is O=c1[nH]c2c(F)cc(F)c(F)c2n1-c1ccc(I)cc1F. The molecule has 21 heavy (non-hydrogen) atoms. The Labute approximate surface area is 128 Å². The summed E-state index contributed by atoms with van der Waals surface area (Å²) in [6, 6.07) is 4.16. The molecule has 0 aliphatic rings. The highest BCUT2D eigenvalue weighted by molar-refractivity contribution is 14.1. The lowest BCUT2D eigenvalue weighted by atomic mass is 10.2. The Morgan fingerprint density at radius 3 is 2.38 bits per heavy atom. The maximum Gasteiger partial charge on any atom is 0.331 e. The van der Waals surface area contributed by atoms with Crippen LogP contribution in [0.3, 0.4) is 0 Å². The molecule has 0 aliphatic heterocycles. The Balaban J connectivity index is 2.48. The molecule has 0 saturated heterocycles. The van der Waals surface area contributed by atoms with E-state index in [1.54, 1.807) is 0 Å². The Morgan fingerprint density at radius 2 is 1.71 bits per heavy atom. The topological polar surface area (TPSA) is 37.8 Å². The zero-order chi connectivity index (χ0) is 15.3. The smallest absolute Gasteiger partial charge is 0.303 e. The van der Waals surface area contributed by atoms with Crippen LogP contribution in [0.2, 0.25) is 0 Å². The first kappa shape index (κ1) is 14.1. The third-order valence-electron chi connectivity index (χ3n) is 2.96. The number of imidazole rings is 1. The van der Waals surface area contributed by atoms with Crippen molar-refractivity contribution in [2.24, 2.45) is 0 Å². The lowest BCUT2D eigenvalue weighted by molar-refractivity contribution is 0.502. The lowest BCUT2D eigenvalue weighted by Gasteiger charge is -2.06. The van der Waals surface area contributed by atoms with Gasteiger partial charge in [0, 0.05) is 9.64 Å². The molecule has 2 aromatic carbocycles. The molecule has 108 valence electrons. The molecule has 0 aliphatic carbocycles. The number of nitrogens with one attached hydrogen (secondary N) is 1. The Hall–Kier alpha value is -1.84. The van der Waals surface area contributed by atoms with Gasteiger partial charge in [-0.1, -0.05) is 0 Å². The molecule has 3 nitrogen and oxygen atoms in total. The highest BCUT2D eigenvalue weighted by atomic mass is 127. The molecule has 0 radical (unpaired) electrons. The van der Waals surface area contributed by atoms with E-state index in [0.717, 1.165) is 6.07 Å². The summed E-state index contributed by atoms with van der Waals surface area (Å²) in [5.74, 6) is -4.83. The van der Waals surface area contributed by atoms with Gasteiger partial charge in [-0.05, 0) is 40.8 Å². The number of H-pyrrole nitrogens is 1. The second kappa shape index (κ2) is 4.86. The summed E-state index contributed by atoms with van der Waals surface area (Å²) in [6.45, 7) is 0. The van der Waals surface area contributed by atoms with Gasteiger partial charge in [0.25, 0.3) is 0 Å². The van der Waals surface area contributed by atoms with E-state index >= 15 is 0 Å². The van der Waals surface area contributed by atoms with Gasteiger partial charge in [-0.3, -0.25) is 4.57 Å². The number of rotatable bonds is 1. The van der Waals surface area contributed by atoms with Crippen molar-refractivity contribution in [2.45, 2.75) is 0 Å². The molecular formula is C13H5F4IN2O. The Kier molecular flexibility index (Phi) is 3.27. The van der Waals surface area contributed by atoms with Crippen LogP contribution in [0.15, 0.2) is 29.1 Å². The fraction of sp³-hybridized carbons (Fsp3) is 0. The van der Waals surface area contributed by atoms with Crippen LogP contribution in [-0.2, 0) is 0 Å². The molecule has 0 unspecified atom stereocenters. The maximum atomic E-state index is 14.0. The third-order valence-corrected chi connectivity index (χ3v) is 3.63. The first-order chi connectivity index (χ1) is 9.90. The summed E-state index contributed by atoms with van der Waals surface area (Å²) in [6.07, 6.45) is 0. The molecule has 1 heterocycles.